The van der Waals surface area contributed by atoms with Gasteiger partial charge >= 0.3 is 12.0 Å². The van der Waals surface area contributed by atoms with Crippen LogP contribution in [-0.2, 0) is 19.1 Å². The van der Waals surface area contributed by atoms with E-state index in [2.05, 4.69) is 57.1 Å². The van der Waals surface area contributed by atoms with Gasteiger partial charge in [-0.2, -0.15) is 0 Å². The van der Waals surface area contributed by atoms with Gasteiger partial charge in [0.15, 0.2) is 5.78 Å². The number of esters is 1. The summed E-state index contributed by atoms with van der Waals surface area (Å²) < 4.78 is 11.4. The fourth-order valence-electron chi connectivity index (χ4n) is 11.5. The molecule has 42 heavy (non-hydrogen) atoms. The Morgan fingerprint density at radius 3 is 2.31 bits per heavy atom. The maximum atomic E-state index is 14.1. The van der Waals surface area contributed by atoms with Crippen LogP contribution in [0.5, 0.6) is 0 Å². The molecule has 5 aliphatic carbocycles. The molecule has 4 fully saturated rings. The molecule has 5 aliphatic rings. The van der Waals surface area contributed by atoms with Crippen LogP contribution < -0.4 is 5.32 Å². The second kappa shape index (κ2) is 9.75. The van der Waals surface area contributed by atoms with Gasteiger partial charge in [0.05, 0.1) is 5.41 Å². The first-order valence-electron chi connectivity index (χ1n) is 16.2. The van der Waals surface area contributed by atoms with Gasteiger partial charge in [-0.25, -0.2) is 0 Å². The third-order valence-corrected chi connectivity index (χ3v) is 13.0. The Balaban J connectivity index is 1.35. The fraction of sp³-hybridized carbons (Fsp3) is 0.794. The normalized spacial score (nSPS) is 40.6. The number of carbonyl (C=O) groups is 3. The Bertz CT molecular complexity index is 1340. The maximum Gasteiger partial charge on any atom is 0.322 e. The van der Waals surface area contributed by atoms with Crippen LogP contribution in [0.3, 0.4) is 0 Å². The molecular weight excluding hydrogens is 530 g/mol. The van der Waals surface area contributed by atoms with Gasteiger partial charge in [0.1, 0.15) is 6.10 Å². The molecule has 1 amide bonds. The van der Waals surface area contributed by atoms with E-state index in [0.29, 0.717) is 30.1 Å². The van der Waals surface area contributed by atoms with Gasteiger partial charge in [0.25, 0.3) is 0 Å². The van der Waals surface area contributed by atoms with E-state index >= 15 is 0 Å². The molecule has 0 radical (unpaired) electrons. The van der Waals surface area contributed by atoms with Crippen LogP contribution >= 0.6 is 0 Å². The number of aryl methyl sites for hydroxylation is 1. The highest BCUT2D eigenvalue weighted by molar-refractivity contribution is 6.09. The van der Waals surface area contributed by atoms with Crippen molar-refractivity contribution in [3.8, 4) is 0 Å². The summed E-state index contributed by atoms with van der Waals surface area (Å²) >= 11 is 0. The van der Waals surface area contributed by atoms with Crippen LogP contribution in [0, 0.1) is 58.2 Å². The first kappa shape index (κ1) is 29.6. The maximum absolute atomic E-state index is 14.1. The summed E-state index contributed by atoms with van der Waals surface area (Å²) in [5, 5.41) is 10.8. The van der Waals surface area contributed by atoms with E-state index in [4.69, 9.17) is 9.15 Å². The lowest BCUT2D eigenvalue weighted by atomic mass is 9.36. The summed E-state index contributed by atoms with van der Waals surface area (Å²) in [6.45, 7) is 17.1. The molecule has 1 N–H and O–H groups in total. The number of Topliss-reactive ketones (excluding diaryl/α,β-unsaturated/α-hetero) is 1. The summed E-state index contributed by atoms with van der Waals surface area (Å²) in [5.74, 6) is 1.96. The molecule has 8 heteroatoms. The van der Waals surface area contributed by atoms with E-state index in [1.165, 1.54) is 6.92 Å². The number of rotatable bonds is 4. The molecule has 6 rings (SSSR count). The summed E-state index contributed by atoms with van der Waals surface area (Å²) in [4.78, 5) is 39.7. The van der Waals surface area contributed by atoms with Gasteiger partial charge in [-0.05, 0) is 103 Å². The van der Waals surface area contributed by atoms with Gasteiger partial charge in [-0.15, -0.1) is 5.10 Å². The summed E-state index contributed by atoms with van der Waals surface area (Å²) in [7, 11) is 0. The third kappa shape index (κ3) is 4.09. The number of hydrogen-bond donors (Lipinski definition) is 1. The van der Waals surface area contributed by atoms with Gasteiger partial charge < -0.3 is 9.15 Å². The number of hydrogen-bond acceptors (Lipinski definition) is 7. The first-order valence-corrected chi connectivity index (χ1v) is 16.2. The molecule has 230 valence electrons. The van der Waals surface area contributed by atoms with Gasteiger partial charge in [0, 0.05) is 25.7 Å². The monoisotopic (exact) mass is 579 g/mol. The van der Waals surface area contributed by atoms with E-state index in [-0.39, 0.29) is 64.3 Å². The zero-order valence-corrected chi connectivity index (χ0v) is 26.8. The van der Waals surface area contributed by atoms with Crippen molar-refractivity contribution in [2.45, 2.75) is 119 Å². The lowest BCUT2D eigenvalue weighted by Gasteiger charge is -2.68. The topological polar surface area (TPSA) is 111 Å². The SMILES string of the molecule is CC(=O)O[C@H]1CCC2(C)C3CCC4C5=C(C(C)C)C(=O)C[C@]5(C(=O)Nc5nnc(C)o5)CCC4C3(C)CCC2C1(C)C. The van der Waals surface area contributed by atoms with E-state index in [1.54, 1.807) is 6.92 Å². The minimum absolute atomic E-state index is 0.0338. The Labute approximate surface area is 250 Å². The lowest BCUT2D eigenvalue weighted by Crippen LogP contribution is -2.63. The summed E-state index contributed by atoms with van der Waals surface area (Å²) in [6, 6.07) is 0.104. The Hall–Kier alpha value is -2.51. The number of aromatic nitrogens is 2. The van der Waals surface area contributed by atoms with Crippen molar-refractivity contribution in [2.75, 3.05) is 5.32 Å². The number of ether oxygens (including phenoxy) is 1. The number of nitrogens with zero attached hydrogens (tertiary/aromatic N) is 2. The van der Waals surface area contributed by atoms with Crippen LogP contribution in [0.25, 0.3) is 0 Å². The zero-order valence-electron chi connectivity index (χ0n) is 26.8. The van der Waals surface area contributed by atoms with Crippen LogP contribution in [0.15, 0.2) is 15.6 Å². The molecule has 4 saturated carbocycles. The number of fused-ring (bicyclic) bond motifs is 7. The van der Waals surface area contributed by atoms with Crippen molar-refractivity contribution in [2.24, 2.45) is 51.2 Å². The van der Waals surface area contributed by atoms with Gasteiger partial charge in [-0.1, -0.05) is 46.6 Å². The second-order valence-electron chi connectivity index (χ2n) is 15.7. The van der Waals surface area contributed by atoms with E-state index < -0.39 is 5.41 Å². The first-order chi connectivity index (χ1) is 19.6. The van der Waals surface area contributed by atoms with Crippen molar-refractivity contribution in [1.29, 1.82) is 0 Å². The molecule has 8 atom stereocenters. The average molecular weight is 580 g/mol. The Kier molecular flexibility index (Phi) is 6.86. The molecule has 6 unspecified atom stereocenters. The minimum Gasteiger partial charge on any atom is -0.462 e. The lowest BCUT2D eigenvalue weighted by molar-refractivity contribution is -0.212. The predicted octanol–water partition coefficient (Wildman–Crippen LogP) is 6.84. The van der Waals surface area contributed by atoms with Gasteiger partial charge in [-0.3, -0.25) is 19.7 Å². The standard InChI is InChI=1S/C34H49N3O5/c1-18(2)27-23(39)17-34(29(40)35-30-37-36-19(3)41-30)16-11-22-21(28(27)34)9-10-25-32(22,7)14-12-24-31(5,6)26(42-20(4)38)13-15-33(24,25)8/h18,21-22,24-26H,9-17H2,1-8H3,(H,35,37,40)/t21?,22?,24?,25?,26-,32?,33?,34+/m0/s1. The molecule has 0 bridgehead atoms. The van der Waals surface area contributed by atoms with Gasteiger partial charge in [0.2, 0.25) is 11.8 Å². The number of carbonyl (C=O) groups excluding carboxylic acids is 3. The zero-order chi connectivity index (χ0) is 30.4. The quantitative estimate of drug-likeness (QED) is 0.389. The van der Waals surface area contributed by atoms with E-state index in [9.17, 15) is 14.4 Å². The smallest absolute Gasteiger partial charge is 0.322 e. The van der Waals surface area contributed by atoms with Crippen LogP contribution in [0.4, 0.5) is 6.01 Å². The molecule has 0 aliphatic heterocycles. The molecule has 0 saturated heterocycles. The highest BCUT2D eigenvalue weighted by Gasteiger charge is 2.67. The minimum atomic E-state index is -0.839. The summed E-state index contributed by atoms with van der Waals surface area (Å²) in [5.41, 5.74) is 1.40. The predicted molar refractivity (Wildman–Crippen MR) is 158 cm³/mol. The number of allylic oxidation sites excluding steroid dienone is 1. The molecule has 1 aromatic rings. The Morgan fingerprint density at radius 2 is 1.67 bits per heavy atom. The molecule has 1 heterocycles. The summed E-state index contributed by atoms with van der Waals surface area (Å²) in [6.07, 6.45) is 8.17. The van der Waals surface area contributed by atoms with Crippen molar-refractivity contribution in [3.05, 3.63) is 17.0 Å². The van der Waals surface area contributed by atoms with Crippen LogP contribution in [0.2, 0.25) is 0 Å². The van der Waals surface area contributed by atoms with Crippen molar-refractivity contribution in [3.63, 3.8) is 0 Å². The van der Waals surface area contributed by atoms with Crippen molar-refractivity contribution < 1.29 is 23.5 Å². The van der Waals surface area contributed by atoms with E-state index in [1.807, 2.05) is 0 Å². The van der Waals surface area contributed by atoms with E-state index in [0.717, 1.165) is 56.1 Å². The van der Waals surface area contributed by atoms with Crippen LogP contribution in [-0.4, -0.2) is 34.0 Å². The largest absolute Gasteiger partial charge is 0.462 e. The van der Waals surface area contributed by atoms with Crippen molar-refractivity contribution in [1.82, 2.24) is 10.2 Å². The molecule has 0 spiro atoms. The number of anilines is 1. The van der Waals surface area contributed by atoms with Crippen molar-refractivity contribution >= 4 is 23.7 Å². The highest BCUT2D eigenvalue weighted by atomic mass is 16.5. The fourth-order valence-corrected chi connectivity index (χ4v) is 11.5. The molecular formula is C34H49N3O5. The molecule has 8 nitrogen and oxygen atoms in total. The molecule has 1 aromatic heterocycles. The average Bonchev–Trinajstić information content (AvgIpc) is 3.45. The Morgan fingerprint density at radius 1 is 0.952 bits per heavy atom. The number of amides is 1. The highest BCUT2D eigenvalue weighted by Crippen LogP contribution is 2.73. The van der Waals surface area contributed by atoms with Crippen LogP contribution in [0.1, 0.15) is 112 Å². The third-order valence-electron chi connectivity index (χ3n) is 13.0. The molecule has 0 aromatic carbocycles. The second-order valence-corrected chi connectivity index (χ2v) is 15.7. The number of nitrogens with one attached hydrogen (secondary N) is 1. The number of ketones is 1.